The van der Waals surface area contributed by atoms with Crippen LogP contribution in [-0.4, -0.2) is 23.6 Å². The first-order valence-corrected chi connectivity index (χ1v) is 9.39. The van der Waals surface area contributed by atoms with E-state index in [1.54, 1.807) is 13.0 Å². The average molecular weight is 367 g/mol. The quantitative estimate of drug-likeness (QED) is 0.772. The van der Waals surface area contributed by atoms with E-state index in [0.29, 0.717) is 22.9 Å². The lowest BCUT2D eigenvalue weighted by molar-refractivity contribution is -0.118. The Morgan fingerprint density at radius 3 is 2.41 bits per heavy atom. The van der Waals surface area contributed by atoms with Crippen molar-refractivity contribution < 1.29 is 19.4 Å². The molecule has 1 aliphatic carbocycles. The maximum atomic E-state index is 12.1. The highest BCUT2D eigenvalue weighted by molar-refractivity contribution is 5.94. The van der Waals surface area contributed by atoms with Gasteiger partial charge in [0.15, 0.2) is 6.61 Å². The van der Waals surface area contributed by atoms with Crippen molar-refractivity contribution in [2.75, 3.05) is 11.9 Å². The molecule has 2 aromatic carbocycles. The fourth-order valence-electron chi connectivity index (χ4n) is 3.54. The first-order chi connectivity index (χ1) is 13.0. The number of amides is 1. The summed E-state index contributed by atoms with van der Waals surface area (Å²) in [5, 5.41) is 11.7. The molecule has 142 valence electrons. The van der Waals surface area contributed by atoms with E-state index in [1.165, 1.54) is 49.8 Å². The fraction of sp³-hybridized carbons (Fsp3) is 0.364. The van der Waals surface area contributed by atoms with Crippen LogP contribution < -0.4 is 10.1 Å². The zero-order valence-electron chi connectivity index (χ0n) is 15.5. The maximum absolute atomic E-state index is 12.1. The highest BCUT2D eigenvalue weighted by Crippen LogP contribution is 2.33. The van der Waals surface area contributed by atoms with E-state index in [0.717, 1.165) is 0 Å². The molecule has 5 nitrogen and oxygen atoms in total. The van der Waals surface area contributed by atoms with Crippen LogP contribution >= 0.6 is 0 Å². The summed E-state index contributed by atoms with van der Waals surface area (Å²) in [7, 11) is 0. The van der Waals surface area contributed by atoms with Gasteiger partial charge in [0.05, 0.1) is 5.56 Å². The predicted molar refractivity (Wildman–Crippen MR) is 105 cm³/mol. The first-order valence-electron chi connectivity index (χ1n) is 9.39. The zero-order valence-corrected chi connectivity index (χ0v) is 15.5. The van der Waals surface area contributed by atoms with Gasteiger partial charge in [-0.25, -0.2) is 4.79 Å². The molecule has 0 radical (unpaired) electrons. The lowest BCUT2D eigenvalue weighted by Gasteiger charge is -2.22. The van der Waals surface area contributed by atoms with Gasteiger partial charge in [-0.1, -0.05) is 31.4 Å². The molecule has 0 saturated heterocycles. The van der Waals surface area contributed by atoms with E-state index in [4.69, 9.17) is 9.84 Å². The number of aromatic carboxylic acids is 1. The van der Waals surface area contributed by atoms with Gasteiger partial charge in [-0.15, -0.1) is 0 Å². The number of rotatable bonds is 6. The Morgan fingerprint density at radius 1 is 1.07 bits per heavy atom. The summed E-state index contributed by atoms with van der Waals surface area (Å²) in [6.07, 6.45) is 6.45. The zero-order chi connectivity index (χ0) is 19.2. The summed E-state index contributed by atoms with van der Waals surface area (Å²) in [6.45, 7) is 1.66. The van der Waals surface area contributed by atoms with Crippen LogP contribution in [0.4, 0.5) is 5.69 Å². The van der Waals surface area contributed by atoms with Crippen LogP contribution in [0.5, 0.6) is 5.75 Å². The van der Waals surface area contributed by atoms with Gasteiger partial charge in [0.1, 0.15) is 5.75 Å². The molecule has 1 fully saturated rings. The molecule has 0 heterocycles. The highest BCUT2D eigenvalue weighted by Gasteiger charge is 2.15. The van der Waals surface area contributed by atoms with Gasteiger partial charge in [0, 0.05) is 5.69 Å². The second-order valence-electron chi connectivity index (χ2n) is 7.08. The Morgan fingerprint density at radius 2 is 1.78 bits per heavy atom. The number of carboxylic acid groups (broad SMARTS) is 1. The Hall–Kier alpha value is -2.82. The Bertz CT molecular complexity index is 808. The number of carbonyl (C=O) groups is 2. The van der Waals surface area contributed by atoms with Gasteiger partial charge in [0.25, 0.3) is 5.91 Å². The smallest absolute Gasteiger partial charge is 0.335 e. The number of nitrogens with one attached hydrogen (secondary N) is 1. The molecule has 1 amide bonds. The van der Waals surface area contributed by atoms with E-state index in [1.807, 2.05) is 12.1 Å². The summed E-state index contributed by atoms with van der Waals surface area (Å²) in [5.74, 6) is 0.0454. The van der Waals surface area contributed by atoms with Crippen molar-refractivity contribution in [3.63, 3.8) is 0 Å². The van der Waals surface area contributed by atoms with Crippen molar-refractivity contribution in [2.45, 2.75) is 44.9 Å². The number of benzene rings is 2. The molecule has 1 aliphatic rings. The number of hydrogen-bond acceptors (Lipinski definition) is 3. The summed E-state index contributed by atoms with van der Waals surface area (Å²) >= 11 is 0. The lowest BCUT2D eigenvalue weighted by Crippen LogP contribution is -2.20. The fourth-order valence-corrected chi connectivity index (χ4v) is 3.54. The van der Waals surface area contributed by atoms with Gasteiger partial charge in [-0.05, 0) is 67.1 Å². The van der Waals surface area contributed by atoms with Crippen molar-refractivity contribution >= 4 is 17.6 Å². The minimum atomic E-state index is -0.990. The number of aryl methyl sites for hydroxylation is 1. The van der Waals surface area contributed by atoms with Crippen molar-refractivity contribution in [1.82, 2.24) is 0 Å². The molecule has 27 heavy (non-hydrogen) atoms. The van der Waals surface area contributed by atoms with E-state index in [9.17, 15) is 9.59 Å². The molecule has 0 aliphatic heterocycles. The van der Waals surface area contributed by atoms with Gasteiger partial charge in [-0.3, -0.25) is 4.79 Å². The van der Waals surface area contributed by atoms with Gasteiger partial charge in [-0.2, -0.15) is 0 Å². The summed E-state index contributed by atoms with van der Waals surface area (Å²) in [6, 6.07) is 12.6. The topological polar surface area (TPSA) is 75.6 Å². The molecule has 0 atom stereocenters. The molecular formula is C22H25NO4. The summed E-state index contributed by atoms with van der Waals surface area (Å²) in [5.41, 5.74) is 2.82. The van der Waals surface area contributed by atoms with Crippen LogP contribution in [0.3, 0.4) is 0 Å². The molecule has 2 N–H and O–H groups in total. The van der Waals surface area contributed by atoms with Crippen LogP contribution in [-0.2, 0) is 4.79 Å². The third-order valence-corrected chi connectivity index (χ3v) is 5.07. The largest absolute Gasteiger partial charge is 0.484 e. The van der Waals surface area contributed by atoms with Crippen molar-refractivity contribution in [3.05, 3.63) is 59.2 Å². The molecule has 0 bridgehead atoms. The maximum Gasteiger partial charge on any atom is 0.335 e. The normalized spacial score (nSPS) is 14.6. The number of carboxylic acids is 1. The van der Waals surface area contributed by atoms with Crippen molar-refractivity contribution in [2.24, 2.45) is 0 Å². The third-order valence-electron chi connectivity index (χ3n) is 5.07. The molecule has 1 saturated carbocycles. The van der Waals surface area contributed by atoms with Crippen molar-refractivity contribution in [3.8, 4) is 5.75 Å². The van der Waals surface area contributed by atoms with Crippen molar-refractivity contribution in [1.29, 1.82) is 0 Å². The lowest BCUT2D eigenvalue weighted by atomic mass is 9.84. The molecular weight excluding hydrogens is 342 g/mol. The first kappa shape index (κ1) is 19.0. The van der Waals surface area contributed by atoms with E-state index in [-0.39, 0.29) is 18.1 Å². The minimum Gasteiger partial charge on any atom is -0.484 e. The van der Waals surface area contributed by atoms with Crippen LogP contribution in [0.1, 0.15) is 59.5 Å². The van der Waals surface area contributed by atoms with E-state index < -0.39 is 5.97 Å². The molecule has 2 aromatic rings. The van der Waals surface area contributed by atoms with Crippen LogP contribution in [0, 0.1) is 6.92 Å². The standard InChI is InChI=1S/C22H25NO4/c1-15-13-18(22(25)26)9-12-20(15)23-21(24)14-27-19-10-7-17(8-11-19)16-5-3-2-4-6-16/h7-13,16H,2-6,14H2,1H3,(H,23,24)(H,25,26). The molecule has 0 unspecified atom stereocenters. The second kappa shape index (κ2) is 8.71. The second-order valence-corrected chi connectivity index (χ2v) is 7.08. The molecule has 5 heteroatoms. The number of ether oxygens (including phenoxy) is 1. The summed E-state index contributed by atoms with van der Waals surface area (Å²) < 4.78 is 5.58. The minimum absolute atomic E-state index is 0.0943. The monoisotopic (exact) mass is 367 g/mol. The SMILES string of the molecule is Cc1cc(C(=O)O)ccc1NC(=O)COc1ccc(C2CCCCC2)cc1. The van der Waals surface area contributed by atoms with Gasteiger partial charge >= 0.3 is 5.97 Å². The van der Waals surface area contributed by atoms with Gasteiger partial charge in [0.2, 0.25) is 0 Å². The van der Waals surface area contributed by atoms with E-state index >= 15 is 0 Å². The molecule has 0 spiro atoms. The predicted octanol–water partition coefficient (Wildman–Crippen LogP) is 4.76. The molecule has 0 aromatic heterocycles. The Kier molecular flexibility index (Phi) is 6.12. The highest BCUT2D eigenvalue weighted by atomic mass is 16.5. The van der Waals surface area contributed by atoms with Gasteiger partial charge < -0.3 is 15.2 Å². The average Bonchev–Trinajstić information content (AvgIpc) is 2.69. The Labute approximate surface area is 159 Å². The summed E-state index contributed by atoms with van der Waals surface area (Å²) in [4.78, 5) is 23.1. The van der Waals surface area contributed by atoms with Crippen LogP contribution in [0.2, 0.25) is 0 Å². The van der Waals surface area contributed by atoms with Crippen LogP contribution in [0.25, 0.3) is 0 Å². The number of hydrogen-bond donors (Lipinski definition) is 2. The van der Waals surface area contributed by atoms with Crippen LogP contribution in [0.15, 0.2) is 42.5 Å². The Balaban J connectivity index is 1.52. The number of anilines is 1. The third kappa shape index (κ3) is 5.09. The van der Waals surface area contributed by atoms with E-state index in [2.05, 4.69) is 17.4 Å². The molecule has 3 rings (SSSR count). The number of carbonyl (C=O) groups excluding carboxylic acids is 1.